The molecule has 4 nitrogen and oxygen atoms in total. The van der Waals surface area contributed by atoms with Crippen LogP contribution in [0.4, 0.5) is 0 Å². The maximum absolute atomic E-state index is 10.6. The van der Waals surface area contributed by atoms with Gasteiger partial charge in [-0.1, -0.05) is 0 Å². The van der Waals surface area contributed by atoms with Crippen LogP contribution in [0.3, 0.4) is 0 Å². The number of hydrogen-bond donors (Lipinski definition) is 3. The van der Waals surface area contributed by atoms with E-state index in [9.17, 15) is 4.79 Å². The van der Waals surface area contributed by atoms with Gasteiger partial charge in [-0.05, 0) is 18.9 Å². The topological polar surface area (TPSA) is 69.6 Å². The van der Waals surface area contributed by atoms with Crippen molar-refractivity contribution in [2.75, 3.05) is 19.7 Å². The van der Waals surface area contributed by atoms with Crippen LogP contribution in [-0.4, -0.2) is 35.9 Å². The minimum Gasteiger partial charge on any atom is -0.481 e. The third-order valence-corrected chi connectivity index (χ3v) is 2.18. The van der Waals surface area contributed by atoms with E-state index in [0.29, 0.717) is 6.54 Å². The highest BCUT2D eigenvalue weighted by Crippen LogP contribution is 2.18. The van der Waals surface area contributed by atoms with Gasteiger partial charge in [-0.2, -0.15) is 0 Å². The molecule has 64 valence electrons. The number of nitrogens with one attached hydrogen (secondary N) is 1. The fraction of sp³-hybridized carbons (Fsp3) is 0.857. The maximum Gasteiger partial charge on any atom is 0.308 e. The molecule has 0 aliphatic carbocycles. The maximum atomic E-state index is 10.6. The molecule has 2 atom stereocenters. The van der Waals surface area contributed by atoms with E-state index in [1.165, 1.54) is 0 Å². The first-order valence-electron chi connectivity index (χ1n) is 3.80. The standard InChI is InChI=1S/C7H13NO3/c9-4-5-1-2-8-3-6(5)7(10)11/h5-6,8-9H,1-4H2,(H,10,11). The van der Waals surface area contributed by atoms with Gasteiger partial charge in [-0.25, -0.2) is 0 Å². The summed E-state index contributed by atoms with van der Waals surface area (Å²) in [6, 6.07) is 0. The van der Waals surface area contributed by atoms with E-state index in [1.54, 1.807) is 0 Å². The lowest BCUT2D eigenvalue weighted by Crippen LogP contribution is -2.42. The molecule has 0 bridgehead atoms. The minimum atomic E-state index is -0.809. The second-order valence-corrected chi connectivity index (χ2v) is 2.88. The van der Waals surface area contributed by atoms with Crippen molar-refractivity contribution in [3.8, 4) is 0 Å². The van der Waals surface area contributed by atoms with E-state index < -0.39 is 11.9 Å². The molecule has 11 heavy (non-hydrogen) atoms. The molecule has 0 radical (unpaired) electrons. The van der Waals surface area contributed by atoms with Crippen LogP contribution in [0.2, 0.25) is 0 Å². The summed E-state index contributed by atoms with van der Waals surface area (Å²) in [5.41, 5.74) is 0. The zero-order valence-corrected chi connectivity index (χ0v) is 6.29. The third kappa shape index (κ3) is 1.91. The Kier molecular flexibility index (Phi) is 2.84. The number of hydrogen-bond acceptors (Lipinski definition) is 3. The number of rotatable bonds is 2. The van der Waals surface area contributed by atoms with E-state index in [4.69, 9.17) is 10.2 Å². The summed E-state index contributed by atoms with van der Waals surface area (Å²) < 4.78 is 0. The van der Waals surface area contributed by atoms with E-state index >= 15 is 0 Å². The van der Waals surface area contributed by atoms with Crippen LogP contribution in [0, 0.1) is 11.8 Å². The molecular weight excluding hydrogens is 146 g/mol. The molecule has 0 aromatic carbocycles. The van der Waals surface area contributed by atoms with Crippen LogP contribution < -0.4 is 5.32 Å². The lowest BCUT2D eigenvalue weighted by Gasteiger charge is -2.27. The molecule has 3 N–H and O–H groups in total. The van der Waals surface area contributed by atoms with Crippen molar-refractivity contribution in [3.63, 3.8) is 0 Å². The van der Waals surface area contributed by atoms with Crippen molar-refractivity contribution in [2.45, 2.75) is 6.42 Å². The quantitative estimate of drug-likeness (QED) is 0.498. The summed E-state index contributed by atoms with van der Waals surface area (Å²) in [4.78, 5) is 10.6. The van der Waals surface area contributed by atoms with Crippen molar-refractivity contribution < 1.29 is 15.0 Å². The fourth-order valence-electron chi connectivity index (χ4n) is 1.42. The molecule has 1 rings (SSSR count). The Morgan fingerprint density at radius 2 is 2.36 bits per heavy atom. The van der Waals surface area contributed by atoms with Crippen LogP contribution >= 0.6 is 0 Å². The van der Waals surface area contributed by atoms with Crippen LogP contribution in [0.5, 0.6) is 0 Å². The Morgan fingerprint density at radius 3 is 2.82 bits per heavy atom. The van der Waals surface area contributed by atoms with Gasteiger partial charge in [0.15, 0.2) is 0 Å². The summed E-state index contributed by atoms with van der Waals surface area (Å²) in [6.45, 7) is 1.29. The molecule has 1 heterocycles. The number of piperidine rings is 1. The Labute approximate surface area is 65.2 Å². The van der Waals surface area contributed by atoms with E-state index in [0.717, 1.165) is 13.0 Å². The summed E-state index contributed by atoms with van der Waals surface area (Å²) in [5, 5.41) is 20.5. The Balaban J connectivity index is 2.51. The van der Waals surface area contributed by atoms with E-state index in [1.807, 2.05) is 0 Å². The minimum absolute atomic E-state index is 0.0152. The van der Waals surface area contributed by atoms with Gasteiger partial charge in [0.25, 0.3) is 0 Å². The van der Waals surface area contributed by atoms with Gasteiger partial charge in [0.1, 0.15) is 0 Å². The first-order chi connectivity index (χ1) is 5.25. The molecule has 0 spiro atoms. The molecule has 0 amide bonds. The molecule has 1 aliphatic heterocycles. The lowest BCUT2D eigenvalue weighted by molar-refractivity contribution is -0.144. The van der Waals surface area contributed by atoms with Gasteiger partial charge < -0.3 is 15.5 Å². The average Bonchev–Trinajstić information content (AvgIpc) is 2.04. The molecular formula is C7H13NO3. The number of carboxylic acid groups (broad SMARTS) is 1. The number of aliphatic hydroxyl groups is 1. The SMILES string of the molecule is O=C(O)C1CNCCC1CO. The molecule has 4 heteroatoms. The average molecular weight is 159 g/mol. The summed E-state index contributed by atoms with van der Waals surface area (Å²) in [6.07, 6.45) is 0.757. The van der Waals surface area contributed by atoms with Crippen LogP contribution in [-0.2, 0) is 4.79 Å². The van der Waals surface area contributed by atoms with Crippen molar-refractivity contribution in [1.29, 1.82) is 0 Å². The number of aliphatic carboxylic acids is 1. The molecule has 1 fully saturated rings. The number of aliphatic hydroxyl groups excluding tert-OH is 1. The second kappa shape index (κ2) is 3.69. The predicted octanol–water partition coefficient (Wildman–Crippen LogP) is -0.711. The zero-order valence-electron chi connectivity index (χ0n) is 6.29. The second-order valence-electron chi connectivity index (χ2n) is 2.88. The summed E-state index contributed by atoms with van der Waals surface area (Å²) in [5.74, 6) is -1.28. The fourth-order valence-corrected chi connectivity index (χ4v) is 1.42. The van der Waals surface area contributed by atoms with Gasteiger partial charge in [-0.15, -0.1) is 0 Å². The molecule has 0 aromatic heterocycles. The number of carboxylic acids is 1. The van der Waals surface area contributed by atoms with Crippen molar-refractivity contribution >= 4 is 5.97 Å². The van der Waals surface area contributed by atoms with Gasteiger partial charge in [0.2, 0.25) is 0 Å². The van der Waals surface area contributed by atoms with E-state index in [-0.39, 0.29) is 12.5 Å². The number of carbonyl (C=O) groups is 1. The Bertz CT molecular complexity index is 149. The highest BCUT2D eigenvalue weighted by Gasteiger charge is 2.29. The molecule has 0 aromatic rings. The molecule has 2 unspecified atom stereocenters. The van der Waals surface area contributed by atoms with Crippen molar-refractivity contribution in [3.05, 3.63) is 0 Å². The first-order valence-corrected chi connectivity index (χ1v) is 3.80. The van der Waals surface area contributed by atoms with Crippen molar-refractivity contribution in [1.82, 2.24) is 5.32 Å². The molecule has 1 aliphatic rings. The van der Waals surface area contributed by atoms with Crippen molar-refractivity contribution in [2.24, 2.45) is 11.8 Å². The van der Waals surface area contributed by atoms with Crippen LogP contribution in [0.25, 0.3) is 0 Å². The molecule has 0 saturated carbocycles. The zero-order chi connectivity index (χ0) is 8.27. The predicted molar refractivity (Wildman–Crippen MR) is 39.2 cm³/mol. The normalized spacial score (nSPS) is 31.7. The highest BCUT2D eigenvalue weighted by atomic mass is 16.4. The first kappa shape index (κ1) is 8.49. The molecule has 1 saturated heterocycles. The third-order valence-electron chi connectivity index (χ3n) is 2.18. The largest absolute Gasteiger partial charge is 0.481 e. The van der Waals surface area contributed by atoms with Gasteiger partial charge in [0.05, 0.1) is 5.92 Å². The highest BCUT2D eigenvalue weighted by molar-refractivity contribution is 5.70. The van der Waals surface area contributed by atoms with Gasteiger partial charge in [0, 0.05) is 13.2 Å². The lowest BCUT2D eigenvalue weighted by atomic mass is 9.87. The van der Waals surface area contributed by atoms with E-state index in [2.05, 4.69) is 5.32 Å². The van der Waals surface area contributed by atoms with Gasteiger partial charge in [-0.3, -0.25) is 4.79 Å². The summed E-state index contributed by atoms with van der Waals surface area (Å²) in [7, 11) is 0. The Morgan fingerprint density at radius 1 is 1.64 bits per heavy atom. The Hall–Kier alpha value is -0.610. The van der Waals surface area contributed by atoms with Crippen LogP contribution in [0.15, 0.2) is 0 Å². The van der Waals surface area contributed by atoms with Gasteiger partial charge >= 0.3 is 5.97 Å². The summed E-state index contributed by atoms with van der Waals surface area (Å²) >= 11 is 0. The monoisotopic (exact) mass is 159 g/mol. The van der Waals surface area contributed by atoms with Crippen LogP contribution in [0.1, 0.15) is 6.42 Å². The smallest absolute Gasteiger partial charge is 0.308 e.